The van der Waals surface area contributed by atoms with Crippen LogP contribution in [0.15, 0.2) is 10.7 Å². The third kappa shape index (κ3) is 3.13. The van der Waals surface area contributed by atoms with Gasteiger partial charge in [0.2, 0.25) is 0 Å². The van der Waals surface area contributed by atoms with E-state index in [4.69, 9.17) is 5.73 Å². The van der Waals surface area contributed by atoms with Gasteiger partial charge < -0.3 is 5.73 Å². The second-order valence-electron chi connectivity index (χ2n) is 5.18. The summed E-state index contributed by atoms with van der Waals surface area (Å²) in [5, 5.41) is 4.10. The standard InChI is InChI=1S/C12H17BrF3N3/c1-19-11(9(13)6-18-19)10(17)7-2-4-8(5-3-7)12(14,15)16/h6-8,10H,2-5,17H2,1H3. The fourth-order valence-corrected chi connectivity index (χ4v) is 3.44. The second kappa shape index (κ2) is 5.44. The van der Waals surface area contributed by atoms with E-state index in [9.17, 15) is 13.2 Å². The molecule has 2 N–H and O–H groups in total. The van der Waals surface area contributed by atoms with Gasteiger partial charge in [-0.05, 0) is 47.5 Å². The smallest absolute Gasteiger partial charge is 0.322 e. The van der Waals surface area contributed by atoms with Crippen molar-refractivity contribution < 1.29 is 13.2 Å². The molecule has 1 aliphatic carbocycles. The molecule has 0 amide bonds. The molecule has 0 spiro atoms. The number of hydrogen-bond acceptors (Lipinski definition) is 2. The zero-order valence-electron chi connectivity index (χ0n) is 10.6. The van der Waals surface area contributed by atoms with Crippen LogP contribution in [0.4, 0.5) is 13.2 Å². The van der Waals surface area contributed by atoms with Gasteiger partial charge in [-0.15, -0.1) is 0 Å². The molecular weight excluding hydrogens is 323 g/mol. The number of alkyl halides is 3. The van der Waals surface area contributed by atoms with E-state index in [0.717, 1.165) is 10.2 Å². The Morgan fingerprint density at radius 2 is 1.95 bits per heavy atom. The Morgan fingerprint density at radius 1 is 1.37 bits per heavy atom. The highest BCUT2D eigenvalue weighted by Crippen LogP contribution is 2.43. The van der Waals surface area contributed by atoms with Gasteiger partial charge in [-0.1, -0.05) is 0 Å². The number of hydrogen-bond donors (Lipinski definition) is 1. The highest BCUT2D eigenvalue weighted by molar-refractivity contribution is 9.10. The highest BCUT2D eigenvalue weighted by Gasteiger charge is 2.42. The minimum absolute atomic E-state index is 0.0882. The SMILES string of the molecule is Cn1ncc(Br)c1C(N)C1CCC(C(F)(F)F)CC1. The Kier molecular flexibility index (Phi) is 4.25. The van der Waals surface area contributed by atoms with Gasteiger partial charge in [0.1, 0.15) is 0 Å². The van der Waals surface area contributed by atoms with E-state index in [1.54, 1.807) is 17.9 Å². The van der Waals surface area contributed by atoms with E-state index in [-0.39, 0.29) is 24.8 Å². The maximum atomic E-state index is 12.6. The van der Waals surface area contributed by atoms with Crippen molar-refractivity contribution in [1.82, 2.24) is 9.78 Å². The van der Waals surface area contributed by atoms with Crippen molar-refractivity contribution in [3.05, 3.63) is 16.4 Å². The predicted molar refractivity (Wildman–Crippen MR) is 69.3 cm³/mol. The first-order valence-corrected chi connectivity index (χ1v) is 7.09. The van der Waals surface area contributed by atoms with Crippen LogP contribution in [0, 0.1) is 11.8 Å². The summed E-state index contributed by atoms with van der Waals surface area (Å²) in [4.78, 5) is 0. The molecule has 0 bridgehead atoms. The summed E-state index contributed by atoms with van der Waals surface area (Å²) in [6.45, 7) is 0. The lowest BCUT2D eigenvalue weighted by Crippen LogP contribution is -2.32. The second-order valence-corrected chi connectivity index (χ2v) is 6.03. The monoisotopic (exact) mass is 339 g/mol. The van der Waals surface area contributed by atoms with E-state index in [2.05, 4.69) is 21.0 Å². The molecular formula is C12H17BrF3N3. The molecule has 3 nitrogen and oxygen atoms in total. The van der Waals surface area contributed by atoms with Crippen molar-refractivity contribution in [2.45, 2.75) is 37.9 Å². The molecule has 1 fully saturated rings. The molecule has 1 aromatic rings. The van der Waals surface area contributed by atoms with E-state index in [0.29, 0.717) is 12.8 Å². The lowest BCUT2D eigenvalue weighted by atomic mass is 9.77. The summed E-state index contributed by atoms with van der Waals surface area (Å²) in [5.41, 5.74) is 7.06. The topological polar surface area (TPSA) is 43.8 Å². The van der Waals surface area contributed by atoms with Crippen LogP contribution in [0.5, 0.6) is 0 Å². The maximum Gasteiger partial charge on any atom is 0.391 e. The largest absolute Gasteiger partial charge is 0.391 e. The molecule has 1 aliphatic rings. The summed E-state index contributed by atoms with van der Waals surface area (Å²) in [7, 11) is 1.79. The number of aryl methyl sites for hydroxylation is 1. The van der Waals surface area contributed by atoms with Gasteiger partial charge in [-0.2, -0.15) is 18.3 Å². The van der Waals surface area contributed by atoms with E-state index < -0.39 is 12.1 Å². The maximum absolute atomic E-state index is 12.6. The third-order valence-corrected chi connectivity index (χ3v) is 4.61. The summed E-state index contributed by atoms with van der Waals surface area (Å²) in [6, 6.07) is -0.268. The molecule has 0 radical (unpaired) electrons. The van der Waals surface area contributed by atoms with Crippen LogP contribution in [0.2, 0.25) is 0 Å². The van der Waals surface area contributed by atoms with E-state index in [1.165, 1.54) is 0 Å². The fourth-order valence-electron chi connectivity index (χ4n) is 2.82. The Morgan fingerprint density at radius 3 is 2.37 bits per heavy atom. The zero-order chi connectivity index (χ0) is 14.2. The molecule has 1 aromatic heterocycles. The number of nitrogens with zero attached hydrogens (tertiary/aromatic N) is 2. The average Bonchev–Trinajstić information content (AvgIpc) is 2.67. The van der Waals surface area contributed by atoms with Crippen LogP contribution in [-0.4, -0.2) is 16.0 Å². The van der Waals surface area contributed by atoms with Crippen molar-refractivity contribution in [2.24, 2.45) is 24.6 Å². The van der Waals surface area contributed by atoms with Gasteiger partial charge in [0, 0.05) is 7.05 Å². The lowest BCUT2D eigenvalue weighted by molar-refractivity contribution is -0.184. The fraction of sp³-hybridized carbons (Fsp3) is 0.750. The summed E-state index contributed by atoms with van der Waals surface area (Å²) in [6.07, 6.45) is -1.01. The van der Waals surface area contributed by atoms with E-state index >= 15 is 0 Å². The summed E-state index contributed by atoms with van der Waals surface area (Å²) in [5.74, 6) is -1.07. The first-order chi connectivity index (χ1) is 8.80. The van der Waals surface area contributed by atoms with Crippen molar-refractivity contribution in [2.75, 3.05) is 0 Å². The number of halogens is 4. The van der Waals surface area contributed by atoms with Crippen molar-refractivity contribution in [1.29, 1.82) is 0 Å². The molecule has 19 heavy (non-hydrogen) atoms. The number of nitrogens with two attached hydrogens (primary N) is 1. The first-order valence-electron chi connectivity index (χ1n) is 6.30. The van der Waals surface area contributed by atoms with Gasteiger partial charge >= 0.3 is 6.18 Å². The van der Waals surface area contributed by atoms with Crippen LogP contribution in [0.1, 0.15) is 37.4 Å². The Hall–Kier alpha value is -0.560. The summed E-state index contributed by atoms with van der Waals surface area (Å²) >= 11 is 3.38. The predicted octanol–water partition coefficient (Wildman–Crippen LogP) is 3.55. The molecule has 1 atom stereocenters. The highest BCUT2D eigenvalue weighted by atomic mass is 79.9. The van der Waals surface area contributed by atoms with Gasteiger partial charge in [0.25, 0.3) is 0 Å². The lowest BCUT2D eigenvalue weighted by Gasteiger charge is -2.33. The number of aromatic nitrogens is 2. The number of rotatable bonds is 2. The molecule has 0 saturated heterocycles. The van der Waals surface area contributed by atoms with Crippen molar-refractivity contribution >= 4 is 15.9 Å². The third-order valence-electron chi connectivity index (χ3n) is 4.00. The van der Waals surface area contributed by atoms with Gasteiger partial charge in [-0.25, -0.2) is 0 Å². The molecule has 2 rings (SSSR count). The van der Waals surface area contributed by atoms with Gasteiger partial charge in [-0.3, -0.25) is 4.68 Å². The zero-order valence-corrected chi connectivity index (χ0v) is 12.2. The van der Waals surface area contributed by atoms with Crippen LogP contribution >= 0.6 is 15.9 Å². The average molecular weight is 340 g/mol. The molecule has 7 heteroatoms. The Labute approximate surface area is 118 Å². The first kappa shape index (κ1) is 14.8. The minimum atomic E-state index is -4.07. The molecule has 0 aromatic carbocycles. The van der Waals surface area contributed by atoms with Crippen LogP contribution in [0.25, 0.3) is 0 Å². The van der Waals surface area contributed by atoms with Crippen LogP contribution in [0.3, 0.4) is 0 Å². The molecule has 0 aliphatic heterocycles. The van der Waals surface area contributed by atoms with Crippen molar-refractivity contribution in [3.8, 4) is 0 Å². The van der Waals surface area contributed by atoms with Crippen molar-refractivity contribution in [3.63, 3.8) is 0 Å². The Balaban J connectivity index is 2.02. The molecule has 1 heterocycles. The molecule has 1 unspecified atom stereocenters. The van der Waals surface area contributed by atoms with E-state index in [1.807, 2.05) is 0 Å². The Bertz CT molecular complexity index is 416. The molecule has 1 saturated carbocycles. The quantitative estimate of drug-likeness (QED) is 0.895. The van der Waals surface area contributed by atoms with Gasteiger partial charge in [0.05, 0.1) is 28.3 Å². The van der Waals surface area contributed by atoms with Gasteiger partial charge in [0.15, 0.2) is 0 Å². The van der Waals surface area contributed by atoms with Crippen LogP contribution < -0.4 is 5.73 Å². The van der Waals surface area contributed by atoms with Crippen LogP contribution in [-0.2, 0) is 7.05 Å². The molecule has 108 valence electrons. The summed E-state index contributed by atoms with van der Waals surface area (Å²) < 4.78 is 40.4. The minimum Gasteiger partial charge on any atom is -0.322 e. The normalized spacial score (nSPS) is 26.4.